The molecule has 0 spiro atoms. The Balaban J connectivity index is 1.45. The van der Waals surface area contributed by atoms with Gasteiger partial charge in [0.05, 0.1) is 23.4 Å². The van der Waals surface area contributed by atoms with Crippen LogP contribution in [0.2, 0.25) is 5.02 Å². The molecule has 0 aromatic heterocycles. The normalized spacial score (nSPS) is 27.2. The topological polar surface area (TPSA) is 50.4 Å². The first kappa shape index (κ1) is 18.7. The molecule has 1 aliphatic carbocycles. The molecular formula is C24H25ClN2O2. The third-order valence-electron chi connectivity index (χ3n) is 6.38. The molecule has 0 bridgehead atoms. The number of hydrogen-bond donors (Lipinski definition) is 2. The zero-order valence-electron chi connectivity index (χ0n) is 16.2. The number of carbonyl (C=O) groups excluding carboxylic acids is 1. The van der Waals surface area contributed by atoms with E-state index in [2.05, 4.69) is 41.0 Å². The predicted octanol–water partition coefficient (Wildman–Crippen LogP) is 5.08. The highest BCUT2D eigenvalue weighted by Gasteiger charge is 2.39. The van der Waals surface area contributed by atoms with Crippen molar-refractivity contribution in [3.63, 3.8) is 0 Å². The van der Waals surface area contributed by atoms with Crippen molar-refractivity contribution in [2.75, 3.05) is 18.5 Å². The monoisotopic (exact) mass is 408 g/mol. The molecule has 5 heteroatoms. The van der Waals surface area contributed by atoms with Crippen molar-refractivity contribution in [1.29, 1.82) is 0 Å². The first-order chi connectivity index (χ1) is 14.2. The van der Waals surface area contributed by atoms with Crippen molar-refractivity contribution in [2.24, 2.45) is 5.92 Å². The van der Waals surface area contributed by atoms with Gasteiger partial charge in [-0.05, 0) is 54.5 Å². The summed E-state index contributed by atoms with van der Waals surface area (Å²) in [5.41, 5.74) is 4.07. The predicted molar refractivity (Wildman–Crippen MR) is 116 cm³/mol. The van der Waals surface area contributed by atoms with Gasteiger partial charge in [0.2, 0.25) is 0 Å². The molecule has 0 saturated carbocycles. The minimum absolute atomic E-state index is 0.0415. The first-order valence-electron chi connectivity index (χ1n) is 10.4. The van der Waals surface area contributed by atoms with Crippen LogP contribution in [0.3, 0.4) is 0 Å². The SMILES string of the molecule is O=C(NCC1CCCO1)c1cccc2c1NC(c1ccc(Cl)cc1)C1CC=CC21. The second kappa shape index (κ2) is 7.85. The van der Waals surface area contributed by atoms with Crippen molar-refractivity contribution in [3.05, 3.63) is 76.3 Å². The van der Waals surface area contributed by atoms with Crippen LogP contribution in [0.4, 0.5) is 5.69 Å². The summed E-state index contributed by atoms with van der Waals surface area (Å²) in [6.07, 6.45) is 7.80. The fraction of sp³-hybridized carbons (Fsp3) is 0.375. The Labute approximate surface area is 176 Å². The molecule has 5 rings (SSSR count). The van der Waals surface area contributed by atoms with Gasteiger partial charge in [0.1, 0.15) is 0 Å². The van der Waals surface area contributed by atoms with E-state index in [1.54, 1.807) is 0 Å². The van der Waals surface area contributed by atoms with Gasteiger partial charge in [0.25, 0.3) is 5.91 Å². The Morgan fingerprint density at radius 2 is 2.07 bits per heavy atom. The van der Waals surface area contributed by atoms with Crippen molar-refractivity contribution in [1.82, 2.24) is 5.32 Å². The van der Waals surface area contributed by atoms with Gasteiger partial charge in [-0.3, -0.25) is 4.79 Å². The fourth-order valence-corrected chi connectivity index (χ4v) is 5.04. The summed E-state index contributed by atoms with van der Waals surface area (Å²) in [7, 11) is 0. The number of rotatable bonds is 4. The molecule has 2 N–H and O–H groups in total. The average Bonchev–Trinajstić information content (AvgIpc) is 3.44. The molecule has 4 nitrogen and oxygen atoms in total. The number of benzene rings is 2. The van der Waals surface area contributed by atoms with Crippen molar-refractivity contribution in [2.45, 2.75) is 37.3 Å². The summed E-state index contributed by atoms with van der Waals surface area (Å²) in [6.45, 7) is 1.36. The molecule has 1 amide bonds. The second-order valence-corrected chi connectivity index (χ2v) is 8.58. The summed E-state index contributed by atoms with van der Waals surface area (Å²) in [5.74, 6) is 0.715. The van der Waals surface area contributed by atoms with Crippen LogP contribution in [0.15, 0.2) is 54.6 Å². The highest BCUT2D eigenvalue weighted by molar-refractivity contribution is 6.30. The molecule has 2 aromatic rings. The number of halogens is 1. The van der Waals surface area contributed by atoms with Crippen LogP contribution in [-0.4, -0.2) is 25.2 Å². The van der Waals surface area contributed by atoms with Crippen LogP contribution in [0, 0.1) is 5.92 Å². The van der Waals surface area contributed by atoms with E-state index < -0.39 is 0 Å². The average molecular weight is 409 g/mol. The smallest absolute Gasteiger partial charge is 0.253 e. The Morgan fingerprint density at radius 3 is 2.86 bits per heavy atom. The highest BCUT2D eigenvalue weighted by Crippen LogP contribution is 2.50. The Hall–Kier alpha value is -2.30. The maximum Gasteiger partial charge on any atom is 0.253 e. The Kier molecular flexibility index (Phi) is 5.06. The van der Waals surface area contributed by atoms with Gasteiger partial charge in [-0.1, -0.05) is 48.0 Å². The van der Waals surface area contributed by atoms with Gasteiger partial charge in [0, 0.05) is 24.1 Å². The maximum absolute atomic E-state index is 13.0. The summed E-state index contributed by atoms with van der Waals surface area (Å²) in [4.78, 5) is 13.0. The van der Waals surface area contributed by atoms with Gasteiger partial charge < -0.3 is 15.4 Å². The van der Waals surface area contributed by atoms with E-state index in [9.17, 15) is 4.79 Å². The molecule has 1 saturated heterocycles. The lowest BCUT2D eigenvalue weighted by Crippen LogP contribution is -2.34. The number of hydrogen-bond acceptors (Lipinski definition) is 3. The van der Waals surface area contributed by atoms with Gasteiger partial charge in [-0.25, -0.2) is 0 Å². The number of para-hydroxylation sites is 1. The molecule has 4 atom stereocenters. The quantitative estimate of drug-likeness (QED) is 0.694. The third-order valence-corrected chi connectivity index (χ3v) is 6.64. The van der Waals surface area contributed by atoms with E-state index in [1.807, 2.05) is 24.3 Å². The molecule has 4 unspecified atom stereocenters. The number of nitrogens with one attached hydrogen (secondary N) is 2. The number of ether oxygens (including phenoxy) is 1. The number of amides is 1. The summed E-state index contributed by atoms with van der Waals surface area (Å²) in [5, 5.41) is 7.52. The lowest BCUT2D eigenvalue weighted by molar-refractivity contribution is 0.0858. The van der Waals surface area contributed by atoms with Crippen molar-refractivity contribution < 1.29 is 9.53 Å². The first-order valence-corrected chi connectivity index (χ1v) is 10.8. The molecule has 2 heterocycles. The molecule has 29 heavy (non-hydrogen) atoms. The molecule has 0 radical (unpaired) electrons. The number of carbonyl (C=O) groups is 1. The van der Waals surface area contributed by atoms with Crippen LogP contribution in [-0.2, 0) is 4.74 Å². The fourth-order valence-electron chi connectivity index (χ4n) is 4.92. The van der Waals surface area contributed by atoms with E-state index in [-0.39, 0.29) is 18.1 Å². The van der Waals surface area contributed by atoms with Crippen LogP contribution >= 0.6 is 11.6 Å². The Morgan fingerprint density at radius 1 is 1.21 bits per heavy atom. The number of allylic oxidation sites excluding steroid dienone is 2. The van der Waals surface area contributed by atoms with Gasteiger partial charge in [0.15, 0.2) is 0 Å². The van der Waals surface area contributed by atoms with Crippen molar-refractivity contribution in [3.8, 4) is 0 Å². The third kappa shape index (κ3) is 3.56. The molecule has 2 aliphatic heterocycles. The molecule has 1 fully saturated rings. The molecule has 3 aliphatic rings. The number of anilines is 1. The highest BCUT2D eigenvalue weighted by atomic mass is 35.5. The molecule has 2 aromatic carbocycles. The molecular weight excluding hydrogens is 384 g/mol. The minimum atomic E-state index is -0.0415. The lowest BCUT2D eigenvalue weighted by Gasteiger charge is -2.38. The largest absolute Gasteiger partial charge is 0.377 e. The standard InChI is InChI=1S/C24H25ClN2O2/c25-16-11-9-15(10-12-16)22-19-6-1-5-18(19)20-7-2-8-21(23(20)27-22)24(28)26-14-17-4-3-13-29-17/h1-2,5,7-12,17-19,22,27H,3-4,6,13-14H2,(H,26,28). The minimum Gasteiger partial charge on any atom is -0.377 e. The van der Waals surface area contributed by atoms with E-state index in [0.717, 1.165) is 36.6 Å². The van der Waals surface area contributed by atoms with Crippen molar-refractivity contribution >= 4 is 23.2 Å². The Bertz CT molecular complexity index is 934. The maximum atomic E-state index is 13.0. The summed E-state index contributed by atoms with van der Waals surface area (Å²) in [6, 6.07) is 14.2. The zero-order valence-corrected chi connectivity index (χ0v) is 17.0. The van der Waals surface area contributed by atoms with E-state index in [0.29, 0.717) is 23.9 Å². The van der Waals surface area contributed by atoms with Crippen LogP contribution in [0.25, 0.3) is 0 Å². The lowest BCUT2D eigenvalue weighted by atomic mass is 9.76. The van der Waals surface area contributed by atoms with Crippen LogP contribution in [0.5, 0.6) is 0 Å². The molecule has 150 valence electrons. The number of fused-ring (bicyclic) bond motifs is 3. The van der Waals surface area contributed by atoms with E-state index in [4.69, 9.17) is 16.3 Å². The van der Waals surface area contributed by atoms with E-state index >= 15 is 0 Å². The van der Waals surface area contributed by atoms with Gasteiger partial charge in [-0.15, -0.1) is 0 Å². The summed E-state index contributed by atoms with van der Waals surface area (Å²) >= 11 is 6.10. The van der Waals surface area contributed by atoms with E-state index in [1.165, 1.54) is 11.1 Å². The van der Waals surface area contributed by atoms with Gasteiger partial charge >= 0.3 is 0 Å². The summed E-state index contributed by atoms with van der Waals surface area (Å²) < 4.78 is 5.64. The van der Waals surface area contributed by atoms with Gasteiger partial charge in [-0.2, -0.15) is 0 Å². The van der Waals surface area contributed by atoms with Crippen LogP contribution < -0.4 is 10.6 Å². The van der Waals surface area contributed by atoms with Crippen LogP contribution in [0.1, 0.15) is 52.7 Å². The second-order valence-electron chi connectivity index (χ2n) is 8.14. The zero-order chi connectivity index (χ0) is 19.8.